The fourth-order valence-corrected chi connectivity index (χ4v) is 2.92. The highest BCUT2D eigenvalue weighted by atomic mass is 16.2. The van der Waals surface area contributed by atoms with Crippen LogP contribution in [0.25, 0.3) is 0 Å². The Bertz CT molecular complexity index is 459. The van der Waals surface area contributed by atoms with Crippen LogP contribution >= 0.6 is 0 Å². The van der Waals surface area contributed by atoms with E-state index < -0.39 is 0 Å². The molecule has 0 bridgehead atoms. The average Bonchev–Trinajstić information content (AvgIpc) is 2.26. The predicted molar refractivity (Wildman–Crippen MR) is 79.4 cm³/mol. The molecule has 0 radical (unpaired) electrons. The van der Waals surface area contributed by atoms with E-state index in [-0.39, 0.29) is 17.4 Å². The van der Waals surface area contributed by atoms with Crippen LogP contribution in [0.15, 0.2) is 18.2 Å². The molecule has 1 atom stereocenters. The summed E-state index contributed by atoms with van der Waals surface area (Å²) in [5.41, 5.74) is 3.25. The molecule has 1 unspecified atom stereocenters. The molecule has 0 aromatic heterocycles. The zero-order valence-electron chi connectivity index (χ0n) is 12.3. The molecule has 1 aromatic carbocycles. The van der Waals surface area contributed by atoms with E-state index in [1.54, 1.807) is 0 Å². The van der Waals surface area contributed by atoms with Crippen molar-refractivity contribution >= 4 is 11.6 Å². The van der Waals surface area contributed by atoms with E-state index >= 15 is 0 Å². The van der Waals surface area contributed by atoms with E-state index in [1.165, 1.54) is 11.1 Å². The quantitative estimate of drug-likeness (QED) is 0.858. The number of nitrogens with one attached hydrogen (secondary N) is 2. The maximum Gasteiger partial charge on any atom is 0.242 e. The van der Waals surface area contributed by atoms with Crippen molar-refractivity contribution in [2.75, 3.05) is 11.9 Å². The monoisotopic (exact) mass is 260 g/mol. The van der Waals surface area contributed by atoms with Gasteiger partial charge in [0.25, 0.3) is 0 Å². The lowest BCUT2D eigenvalue weighted by molar-refractivity contribution is -0.121. The zero-order chi connectivity index (χ0) is 14.0. The number of anilines is 1. The highest BCUT2D eigenvalue weighted by Gasteiger charge is 2.37. The van der Waals surface area contributed by atoms with Crippen molar-refractivity contribution in [3.8, 4) is 0 Å². The molecule has 3 heteroatoms. The summed E-state index contributed by atoms with van der Waals surface area (Å²) in [4.78, 5) is 12.4. The van der Waals surface area contributed by atoms with E-state index in [0.717, 1.165) is 25.1 Å². The molecule has 0 saturated carbocycles. The molecule has 1 fully saturated rings. The van der Waals surface area contributed by atoms with Crippen LogP contribution in [0.2, 0.25) is 0 Å². The Morgan fingerprint density at radius 3 is 2.47 bits per heavy atom. The maximum absolute atomic E-state index is 12.4. The Morgan fingerprint density at radius 1 is 1.26 bits per heavy atom. The normalized spacial score (nSPS) is 22.0. The SMILES string of the molecule is Cc1cc(C)cc(NC(=O)C2NCCCC2(C)C)c1. The topological polar surface area (TPSA) is 41.1 Å². The summed E-state index contributed by atoms with van der Waals surface area (Å²) in [5.74, 6) is 0.0784. The highest BCUT2D eigenvalue weighted by Crippen LogP contribution is 2.30. The molecular weight excluding hydrogens is 236 g/mol. The van der Waals surface area contributed by atoms with Crippen LogP contribution in [0, 0.1) is 19.3 Å². The Balaban J connectivity index is 2.12. The minimum absolute atomic E-state index is 0.0151. The Hall–Kier alpha value is -1.35. The second-order valence-corrected chi connectivity index (χ2v) is 6.34. The standard InChI is InChI=1S/C16H24N2O/c1-11-8-12(2)10-13(9-11)18-15(19)14-16(3,4)6-5-7-17-14/h8-10,14,17H,5-7H2,1-4H3,(H,18,19). The van der Waals surface area contributed by atoms with Crippen molar-refractivity contribution in [3.05, 3.63) is 29.3 Å². The predicted octanol–water partition coefficient (Wildman–Crippen LogP) is 3.02. The van der Waals surface area contributed by atoms with E-state index in [1.807, 2.05) is 26.0 Å². The Kier molecular flexibility index (Phi) is 3.95. The van der Waals surface area contributed by atoms with Crippen LogP contribution in [0.5, 0.6) is 0 Å². The lowest BCUT2D eigenvalue weighted by atomic mass is 9.77. The fraction of sp³-hybridized carbons (Fsp3) is 0.562. The van der Waals surface area contributed by atoms with Gasteiger partial charge in [0.15, 0.2) is 0 Å². The molecule has 1 aliphatic rings. The summed E-state index contributed by atoms with van der Waals surface area (Å²) in [6.07, 6.45) is 2.23. The zero-order valence-corrected chi connectivity index (χ0v) is 12.3. The maximum atomic E-state index is 12.4. The van der Waals surface area contributed by atoms with Crippen LogP contribution in [0.3, 0.4) is 0 Å². The number of amides is 1. The average molecular weight is 260 g/mol. The molecule has 19 heavy (non-hydrogen) atoms. The first-order valence-electron chi connectivity index (χ1n) is 7.01. The van der Waals surface area contributed by atoms with Gasteiger partial charge in [0, 0.05) is 5.69 Å². The molecule has 2 N–H and O–H groups in total. The first-order chi connectivity index (χ1) is 8.88. The molecule has 1 aliphatic heterocycles. The number of hydrogen-bond donors (Lipinski definition) is 2. The van der Waals surface area contributed by atoms with Gasteiger partial charge < -0.3 is 10.6 Å². The summed E-state index contributed by atoms with van der Waals surface area (Å²) in [5, 5.41) is 6.39. The molecule has 1 amide bonds. The van der Waals surface area contributed by atoms with Crippen molar-refractivity contribution in [1.82, 2.24) is 5.32 Å². The van der Waals surface area contributed by atoms with Gasteiger partial charge >= 0.3 is 0 Å². The number of piperidine rings is 1. The van der Waals surface area contributed by atoms with Gasteiger partial charge in [-0.05, 0) is 61.9 Å². The van der Waals surface area contributed by atoms with Crippen LogP contribution in [-0.4, -0.2) is 18.5 Å². The van der Waals surface area contributed by atoms with Crippen LogP contribution in [0.1, 0.15) is 37.8 Å². The number of carbonyl (C=O) groups excluding carboxylic acids is 1. The largest absolute Gasteiger partial charge is 0.325 e. The summed E-state index contributed by atoms with van der Waals surface area (Å²) >= 11 is 0. The van der Waals surface area contributed by atoms with Gasteiger partial charge in [0.05, 0.1) is 6.04 Å². The van der Waals surface area contributed by atoms with Gasteiger partial charge in [-0.1, -0.05) is 19.9 Å². The van der Waals surface area contributed by atoms with E-state index in [4.69, 9.17) is 0 Å². The van der Waals surface area contributed by atoms with E-state index in [9.17, 15) is 4.79 Å². The minimum atomic E-state index is -0.109. The molecule has 0 spiro atoms. The van der Waals surface area contributed by atoms with Crippen molar-refractivity contribution in [2.45, 2.75) is 46.6 Å². The second kappa shape index (κ2) is 5.33. The molecular formula is C16H24N2O. The highest BCUT2D eigenvalue weighted by molar-refractivity contribution is 5.95. The summed E-state index contributed by atoms with van der Waals surface area (Å²) in [7, 11) is 0. The molecule has 1 aromatic rings. The molecule has 3 nitrogen and oxygen atoms in total. The van der Waals surface area contributed by atoms with Crippen molar-refractivity contribution < 1.29 is 4.79 Å². The number of rotatable bonds is 2. The summed E-state index contributed by atoms with van der Waals surface area (Å²) < 4.78 is 0. The third-order valence-electron chi connectivity index (χ3n) is 3.88. The lowest BCUT2D eigenvalue weighted by Gasteiger charge is -2.38. The van der Waals surface area contributed by atoms with Gasteiger partial charge in [0.1, 0.15) is 0 Å². The third-order valence-corrected chi connectivity index (χ3v) is 3.88. The first-order valence-corrected chi connectivity index (χ1v) is 7.01. The van der Waals surface area contributed by atoms with Crippen LogP contribution in [0.4, 0.5) is 5.69 Å². The first kappa shape index (κ1) is 14.1. The number of carbonyl (C=O) groups is 1. The van der Waals surface area contributed by atoms with Gasteiger partial charge in [-0.15, -0.1) is 0 Å². The fourth-order valence-electron chi connectivity index (χ4n) is 2.92. The second-order valence-electron chi connectivity index (χ2n) is 6.34. The Morgan fingerprint density at radius 2 is 1.89 bits per heavy atom. The van der Waals surface area contributed by atoms with Crippen LogP contribution < -0.4 is 10.6 Å². The van der Waals surface area contributed by atoms with E-state index in [0.29, 0.717) is 0 Å². The number of hydrogen-bond acceptors (Lipinski definition) is 2. The molecule has 1 heterocycles. The third kappa shape index (κ3) is 3.35. The number of benzene rings is 1. The molecule has 1 saturated heterocycles. The van der Waals surface area contributed by atoms with Crippen molar-refractivity contribution in [3.63, 3.8) is 0 Å². The van der Waals surface area contributed by atoms with Crippen LogP contribution in [-0.2, 0) is 4.79 Å². The number of aryl methyl sites for hydroxylation is 2. The smallest absolute Gasteiger partial charge is 0.242 e. The Labute approximate surface area is 115 Å². The van der Waals surface area contributed by atoms with Gasteiger partial charge in [-0.2, -0.15) is 0 Å². The minimum Gasteiger partial charge on any atom is -0.325 e. The lowest BCUT2D eigenvalue weighted by Crippen LogP contribution is -2.53. The van der Waals surface area contributed by atoms with Crippen molar-refractivity contribution in [1.29, 1.82) is 0 Å². The molecule has 0 aliphatic carbocycles. The van der Waals surface area contributed by atoms with Gasteiger partial charge in [0.2, 0.25) is 5.91 Å². The van der Waals surface area contributed by atoms with Gasteiger partial charge in [-0.3, -0.25) is 4.79 Å². The molecule has 104 valence electrons. The van der Waals surface area contributed by atoms with E-state index in [2.05, 4.69) is 30.5 Å². The summed E-state index contributed by atoms with van der Waals surface area (Å²) in [6, 6.07) is 6.03. The van der Waals surface area contributed by atoms with Crippen molar-refractivity contribution in [2.24, 2.45) is 5.41 Å². The van der Waals surface area contributed by atoms with Gasteiger partial charge in [-0.25, -0.2) is 0 Å². The summed E-state index contributed by atoms with van der Waals surface area (Å²) in [6.45, 7) is 9.33. The molecule has 2 rings (SSSR count).